The first kappa shape index (κ1) is 15.7. The summed E-state index contributed by atoms with van der Waals surface area (Å²) in [4.78, 5) is 21.0. The Kier molecular flexibility index (Phi) is 4.17. The van der Waals surface area contributed by atoms with Crippen LogP contribution in [-0.2, 0) is 0 Å². The average Bonchev–Trinajstić information content (AvgIpc) is 3.09. The summed E-state index contributed by atoms with van der Waals surface area (Å²) in [5.41, 5.74) is 1.94. The van der Waals surface area contributed by atoms with Crippen molar-refractivity contribution in [1.82, 2.24) is 4.98 Å². The maximum atomic E-state index is 12.2. The molecule has 0 aliphatic heterocycles. The molecule has 2 aromatic heterocycles. The molecule has 0 amide bonds. The van der Waals surface area contributed by atoms with E-state index < -0.39 is 5.63 Å². The zero-order valence-electron chi connectivity index (χ0n) is 12.8. The van der Waals surface area contributed by atoms with Crippen LogP contribution in [0, 0.1) is 0 Å². The van der Waals surface area contributed by atoms with E-state index in [2.05, 4.69) is 9.98 Å². The minimum atomic E-state index is -0.411. The van der Waals surface area contributed by atoms with Crippen LogP contribution >= 0.6 is 22.9 Å². The highest BCUT2D eigenvalue weighted by atomic mass is 35.5. The monoisotopic (exact) mass is 366 g/mol. The van der Waals surface area contributed by atoms with E-state index in [1.807, 2.05) is 36.4 Å². The molecule has 2 heterocycles. The quantitative estimate of drug-likeness (QED) is 0.364. The molecule has 6 heteroatoms. The van der Waals surface area contributed by atoms with Gasteiger partial charge in [0.2, 0.25) is 5.13 Å². The second-order valence-electron chi connectivity index (χ2n) is 5.28. The summed E-state index contributed by atoms with van der Waals surface area (Å²) in [5, 5.41) is 3.81. The van der Waals surface area contributed by atoms with E-state index in [0.29, 0.717) is 27.0 Å². The van der Waals surface area contributed by atoms with Crippen LogP contribution in [0.1, 0.15) is 5.56 Å². The van der Waals surface area contributed by atoms with Gasteiger partial charge in [0.05, 0.1) is 11.3 Å². The van der Waals surface area contributed by atoms with E-state index in [9.17, 15) is 4.79 Å². The largest absolute Gasteiger partial charge is 0.422 e. The van der Waals surface area contributed by atoms with Crippen LogP contribution < -0.4 is 5.63 Å². The fourth-order valence-electron chi connectivity index (χ4n) is 2.39. The van der Waals surface area contributed by atoms with Gasteiger partial charge in [-0.15, -0.1) is 11.3 Å². The summed E-state index contributed by atoms with van der Waals surface area (Å²) in [6.45, 7) is 0. The fourth-order valence-corrected chi connectivity index (χ4v) is 3.24. The number of hydrogen-bond donors (Lipinski definition) is 0. The number of hydrogen-bond acceptors (Lipinski definition) is 5. The van der Waals surface area contributed by atoms with Gasteiger partial charge in [0, 0.05) is 27.6 Å². The number of thiazole rings is 1. The predicted molar refractivity (Wildman–Crippen MR) is 102 cm³/mol. The Morgan fingerprint density at radius 1 is 1.12 bits per heavy atom. The molecule has 0 radical (unpaired) electrons. The zero-order valence-corrected chi connectivity index (χ0v) is 14.4. The SMILES string of the molecule is O=c1oc2ccccc2cc1-c1csc(/N=C/c2ccccc2Cl)n1. The van der Waals surface area contributed by atoms with Crippen molar-refractivity contribution in [2.24, 2.45) is 4.99 Å². The molecule has 25 heavy (non-hydrogen) atoms. The van der Waals surface area contributed by atoms with Gasteiger partial charge in [-0.05, 0) is 18.2 Å². The standard InChI is InChI=1S/C19H11ClN2O2S/c20-15-7-3-1-6-13(15)10-21-19-22-16(11-25-19)14-9-12-5-2-4-8-17(12)24-18(14)23/h1-11H/b21-10+. The van der Waals surface area contributed by atoms with Crippen molar-refractivity contribution in [3.63, 3.8) is 0 Å². The van der Waals surface area contributed by atoms with Crippen LogP contribution in [0.2, 0.25) is 5.02 Å². The number of aromatic nitrogens is 1. The fraction of sp³-hybridized carbons (Fsp3) is 0. The minimum absolute atomic E-state index is 0.411. The van der Waals surface area contributed by atoms with E-state index in [4.69, 9.17) is 16.0 Å². The summed E-state index contributed by atoms with van der Waals surface area (Å²) < 4.78 is 5.35. The lowest BCUT2D eigenvalue weighted by molar-refractivity contribution is 0.563. The predicted octanol–water partition coefficient (Wildman–Crippen LogP) is 5.32. The minimum Gasteiger partial charge on any atom is -0.422 e. The van der Waals surface area contributed by atoms with Crippen molar-refractivity contribution in [1.29, 1.82) is 0 Å². The summed E-state index contributed by atoms with van der Waals surface area (Å²) in [6.07, 6.45) is 1.66. The van der Waals surface area contributed by atoms with E-state index in [0.717, 1.165) is 10.9 Å². The van der Waals surface area contributed by atoms with Gasteiger partial charge in [0.15, 0.2) is 0 Å². The van der Waals surface area contributed by atoms with Gasteiger partial charge < -0.3 is 4.42 Å². The molecule has 0 spiro atoms. The normalized spacial score (nSPS) is 11.4. The van der Waals surface area contributed by atoms with Gasteiger partial charge in [-0.1, -0.05) is 48.0 Å². The van der Waals surface area contributed by atoms with Gasteiger partial charge in [-0.25, -0.2) is 14.8 Å². The Morgan fingerprint density at radius 2 is 1.92 bits per heavy atom. The molecule has 0 saturated carbocycles. The molecule has 4 aromatic rings. The number of benzene rings is 2. The maximum absolute atomic E-state index is 12.2. The molecule has 4 rings (SSSR count). The van der Waals surface area contributed by atoms with Gasteiger partial charge in [0.1, 0.15) is 5.58 Å². The molecule has 0 N–H and O–H groups in total. The highest BCUT2D eigenvalue weighted by molar-refractivity contribution is 7.13. The molecule has 0 aliphatic rings. The number of fused-ring (bicyclic) bond motifs is 1. The van der Waals surface area contributed by atoms with E-state index in [-0.39, 0.29) is 0 Å². The molecular weight excluding hydrogens is 356 g/mol. The number of para-hydroxylation sites is 1. The maximum Gasteiger partial charge on any atom is 0.345 e. The molecule has 0 saturated heterocycles. The Bertz CT molecular complexity index is 1150. The van der Waals surface area contributed by atoms with Crippen LogP contribution in [0.4, 0.5) is 5.13 Å². The van der Waals surface area contributed by atoms with Gasteiger partial charge in [-0.3, -0.25) is 0 Å². The molecule has 0 fully saturated rings. The van der Waals surface area contributed by atoms with Gasteiger partial charge in [0.25, 0.3) is 0 Å². The third-order valence-corrected chi connectivity index (χ3v) is 4.72. The van der Waals surface area contributed by atoms with Gasteiger partial charge in [-0.2, -0.15) is 0 Å². The average molecular weight is 367 g/mol. The van der Waals surface area contributed by atoms with Crippen molar-refractivity contribution in [2.45, 2.75) is 0 Å². The molecule has 0 bridgehead atoms. The molecule has 0 atom stereocenters. The lowest BCUT2D eigenvalue weighted by Crippen LogP contribution is -2.02. The molecule has 2 aromatic carbocycles. The van der Waals surface area contributed by atoms with Crippen molar-refractivity contribution in [2.75, 3.05) is 0 Å². The Morgan fingerprint density at radius 3 is 2.80 bits per heavy atom. The van der Waals surface area contributed by atoms with Crippen LogP contribution in [0.3, 0.4) is 0 Å². The summed E-state index contributed by atoms with van der Waals surface area (Å²) in [6, 6.07) is 16.6. The molecule has 4 nitrogen and oxygen atoms in total. The topological polar surface area (TPSA) is 55.5 Å². The summed E-state index contributed by atoms with van der Waals surface area (Å²) in [5.74, 6) is 0. The first-order chi connectivity index (χ1) is 12.2. The number of halogens is 1. The molecule has 0 unspecified atom stereocenters. The van der Waals surface area contributed by atoms with Crippen LogP contribution in [-0.4, -0.2) is 11.2 Å². The number of nitrogens with zero attached hydrogens (tertiary/aromatic N) is 2. The van der Waals surface area contributed by atoms with Crippen molar-refractivity contribution >= 4 is 45.3 Å². The Hall–Kier alpha value is -2.76. The first-order valence-electron chi connectivity index (χ1n) is 7.48. The highest BCUT2D eigenvalue weighted by Gasteiger charge is 2.11. The smallest absolute Gasteiger partial charge is 0.345 e. The third-order valence-electron chi connectivity index (χ3n) is 3.63. The second kappa shape index (κ2) is 6.63. The third kappa shape index (κ3) is 3.24. The van der Waals surface area contributed by atoms with Crippen molar-refractivity contribution in [3.05, 3.63) is 81.0 Å². The number of rotatable bonds is 3. The highest BCUT2D eigenvalue weighted by Crippen LogP contribution is 2.27. The lowest BCUT2D eigenvalue weighted by atomic mass is 10.1. The van der Waals surface area contributed by atoms with Crippen LogP contribution in [0.25, 0.3) is 22.2 Å². The van der Waals surface area contributed by atoms with Crippen LogP contribution in [0.15, 0.2) is 74.2 Å². The van der Waals surface area contributed by atoms with E-state index in [1.165, 1.54) is 11.3 Å². The summed E-state index contributed by atoms with van der Waals surface area (Å²) >= 11 is 7.46. The van der Waals surface area contributed by atoms with E-state index in [1.54, 1.807) is 29.8 Å². The van der Waals surface area contributed by atoms with Crippen molar-refractivity contribution in [3.8, 4) is 11.3 Å². The van der Waals surface area contributed by atoms with E-state index >= 15 is 0 Å². The molecule has 122 valence electrons. The lowest BCUT2D eigenvalue weighted by Gasteiger charge is -1.98. The molecular formula is C19H11ClN2O2S. The van der Waals surface area contributed by atoms with Gasteiger partial charge >= 0.3 is 5.63 Å². The van der Waals surface area contributed by atoms with Crippen LogP contribution in [0.5, 0.6) is 0 Å². The second-order valence-corrected chi connectivity index (χ2v) is 6.52. The summed E-state index contributed by atoms with van der Waals surface area (Å²) in [7, 11) is 0. The zero-order chi connectivity index (χ0) is 17.2. The number of aliphatic imine (C=N–C) groups is 1. The first-order valence-corrected chi connectivity index (χ1v) is 8.74. The Labute approximate surface area is 152 Å². The Balaban J connectivity index is 1.69. The molecule has 0 aliphatic carbocycles. The van der Waals surface area contributed by atoms with Crippen molar-refractivity contribution < 1.29 is 4.42 Å².